The van der Waals surface area contributed by atoms with E-state index >= 15 is 0 Å². The number of amides is 2. The molecule has 3 atom stereocenters. The molecular formula is C20H31N3O2. The first-order chi connectivity index (χ1) is 11.8. The zero-order valence-corrected chi connectivity index (χ0v) is 16.1. The third kappa shape index (κ3) is 5.05. The molecule has 5 heteroatoms. The maximum Gasteiger partial charge on any atom is 0.251 e. The van der Waals surface area contributed by atoms with E-state index in [9.17, 15) is 9.59 Å². The average molecular weight is 345 g/mol. The second-order valence-electron chi connectivity index (χ2n) is 7.56. The molecule has 0 saturated carbocycles. The van der Waals surface area contributed by atoms with Crippen LogP contribution in [-0.2, 0) is 11.3 Å². The standard InChI is InChI=1S/C20H31N3O2/c1-14-10-15(2)12-23(11-14)20(25)16(3)22(5)13-17-6-8-18(9-7-17)19(24)21-4/h6-9,14-16H,10-13H2,1-5H3,(H,21,24)/t14-,15+,16-/m1/s1. The highest BCUT2D eigenvalue weighted by Gasteiger charge is 2.29. The number of rotatable bonds is 5. The monoisotopic (exact) mass is 345 g/mol. The molecule has 1 saturated heterocycles. The Hall–Kier alpha value is -1.88. The molecule has 1 aliphatic heterocycles. The summed E-state index contributed by atoms with van der Waals surface area (Å²) in [6, 6.07) is 7.38. The lowest BCUT2D eigenvalue weighted by molar-refractivity contribution is -0.138. The maximum atomic E-state index is 12.8. The van der Waals surface area contributed by atoms with Crippen molar-refractivity contribution in [3.8, 4) is 0 Å². The van der Waals surface area contributed by atoms with Crippen molar-refractivity contribution in [1.29, 1.82) is 0 Å². The number of hydrogen-bond donors (Lipinski definition) is 1. The fourth-order valence-electron chi connectivity index (χ4n) is 3.63. The van der Waals surface area contributed by atoms with Gasteiger partial charge in [0.2, 0.25) is 5.91 Å². The molecule has 1 N–H and O–H groups in total. The molecule has 0 radical (unpaired) electrons. The molecular weight excluding hydrogens is 314 g/mol. The van der Waals surface area contributed by atoms with Gasteiger partial charge in [-0.05, 0) is 49.9 Å². The number of nitrogens with one attached hydrogen (secondary N) is 1. The van der Waals surface area contributed by atoms with Gasteiger partial charge in [0.15, 0.2) is 0 Å². The van der Waals surface area contributed by atoms with E-state index in [1.54, 1.807) is 7.05 Å². The van der Waals surface area contributed by atoms with Crippen molar-refractivity contribution in [1.82, 2.24) is 15.1 Å². The number of benzene rings is 1. The van der Waals surface area contributed by atoms with Crippen LogP contribution in [0.3, 0.4) is 0 Å². The quantitative estimate of drug-likeness (QED) is 0.891. The second-order valence-corrected chi connectivity index (χ2v) is 7.56. The van der Waals surface area contributed by atoms with E-state index in [0.717, 1.165) is 18.7 Å². The van der Waals surface area contributed by atoms with Gasteiger partial charge in [-0.25, -0.2) is 0 Å². The zero-order chi connectivity index (χ0) is 18.6. The van der Waals surface area contributed by atoms with Gasteiger partial charge in [-0.2, -0.15) is 0 Å². The first-order valence-corrected chi connectivity index (χ1v) is 9.11. The highest BCUT2D eigenvalue weighted by atomic mass is 16.2. The predicted octanol–water partition coefficient (Wildman–Crippen LogP) is 2.37. The minimum atomic E-state index is -0.156. The van der Waals surface area contributed by atoms with Crippen molar-refractivity contribution in [3.05, 3.63) is 35.4 Å². The molecule has 1 heterocycles. The van der Waals surface area contributed by atoms with Crippen LogP contribution in [0.5, 0.6) is 0 Å². The van der Waals surface area contributed by atoms with Crippen molar-refractivity contribution >= 4 is 11.8 Å². The Morgan fingerprint density at radius 3 is 2.28 bits per heavy atom. The molecule has 1 fully saturated rings. The smallest absolute Gasteiger partial charge is 0.251 e. The summed E-state index contributed by atoms with van der Waals surface area (Å²) in [7, 11) is 3.60. The molecule has 1 aromatic carbocycles. The van der Waals surface area contributed by atoms with Gasteiger partial charge in [0.1, 0.15) is 0 Å². The van der Waals surface area contributed by atoms with Crippen molar-refractivity contribution < 1.29 is 9.59 Å². The summed E-state index contributed by atoms with van der Waals surface area (Å²) in [6.07, 6.45) is 1.20. The minimum absolute atomic E-state index is 0.0863. The van der Waals surface area contributed by atoms with Gasteiger partial charge in [0.05, 0.1) is 6.04 Å². The van der Waals surface area contributed by atoms with Gasteiger partial charge in [-0.15, -0.1) is 0 Å². The van der Waals surface area contributed by atoms with Crippen LogP contribution < -0.4 is 5.32 Å². The lowest BCUT2D eigenvalue weighted by Gasteiger charge is -2.38. The lowest BCUT2D eigenvalue weighted by Crippen LogP contribution is -2.50. The van der Waals surface area contributed by atoms with Crippen molar-refractivity contribution in [2.75, 3.05) is 27.2 Å². The van der Waals surface area contributed by atoms with Crippen molar-refractivity contribution in [2.24, 2.45) is 11.8 Å². The zero-order valence-electron chi connectivity index (χ0n) is 16.1. The molecule has 0 bridgehead atoms. The topological polar surface area (TPSA) is 52.7 Å². The van der Waals surface area contributed by atoms with Crippen molar-refractivity contribution in [2.45, 2.75) is 39.8 Å². The Balaban J connectivity index is 1.96. The van der Waals surface area contributed by atoms with Gasteiger partial charge in [-0.1, -0.05) is 26.0 Å². The van der Waals surface area contributed by atoms with Crippen LogP contribution in [0.4, 0.5) is 0 Å². The number of carbonyl (C=O) groups excluding carboxylic acids is 2. The molecule has 0 aliphatic carbocycles. The molecule has 0 spiro atoms. The highest BCUT2D eigenvalue weighted by Crippen LogP contribution is 2.22. The van der Waals surface area contributed by atoms with Crippen LogP contribution in [0.2, 0.25) is 0 Å². The van der Waals surface area contributed by atoms with Crippen LogP contribution >= 0.6 is 0 Å². The summed E-state index contributed by atoms with van der Waals surface area (Å²) in [5, 5.41) is 2.62. The van der Waals surface area contributed by atoms with E-state index in [1.807, 2.05) is 43.1 Å². The third-order valence-corrected chi connectivity index (χ3v) is 5.07. The van der Waals surface area contributed by atoms with Gasteiger partial charge >= 0.3 is 0 Å². The predicted molar refractivity (Wildman–Crippen MR) is 100 cm³/mol. The summed E-state index contributed by atoms with van der Waals surface area (Å²) in [5.41, 5.74) is 1.74. The van der Waals surface area contributed by atoms with Gasteiger partial charge in [0, 0.05) is 32.2 Å². The van der Waals surface area contributed by atoms with Crippen LogP contribution in [-0.4, -0.2) is 54.8 Å². The summed E-state index contributed by atoms with van der Waals surface area (Å²) in [5.74, 6) is 1.27. The van der Waals surface area contributed by atoms with E-state index in [-0.39, 0.29) is 17.9 Å². The number of likely N-dealkylation sites (N-methyl/N-ethyl adjacent to an activating group) is 1. The first-order valence-electron chi connectivity index (χ1n) is 9.11. The molecule has 0 unspecified atom stereocenters. The number of carbonyl (C=O) groups is 2. The summed E-state index contributed by atoms with van der Waals surface area (Å²) in [4.78, 5) is 28.5. The Bertz CT molecular complexity index is 589. The van der Waals surface area contributed by atoms with Crippen LogP contribution in [0, 0.1) is 11.8 Å². The Morgan fingerprint density at radius 2 is 1.76 bits per heavy atom. The van der Waals surface area contributed by atoms with Gasteiger partial charge in [0.25, 0.3) is 5.91 Å². The molecule has 138 valence electrons. The summed E-state index contributed by atoms with van der Waals surface area (Å²) in [6.45, 7) is 8.83. The van der Waals surface area contributed by atoms with Crippen molar-refractivity contribution in [3.63, 3.8) is 0 Å². The maximum absolute atomic E-state index is 12.8. The largest absolute Gasteiger partial charge is 0.355 e. The summed E-state index contributed by atoms with van der Waals surface area (Å²) >= 11 is 0. The highest BCUT2D eigenvalue weighted by molar-refractivity contribution is 5.93. The van der Waals surface area contributed by atoms with Gasteiger partial charge < -0.3 is 10.2 Å². The molecule has 25 heavy (non-hydrogen) atoms. The van der Waals surface area contributed by atoms with Crippen LogP contribution in [0.15, 0.2) is 24.3 Å². The molecule has 5 nitrogen and oxygen atoms in total. The Morgan fingerprint density at radius 1 is 1.20 bits per heavy atom. The average Bonchev–Trinajstić information content (AvgIpc) is 2.59. The number of likely N-dealkylation sites (tertiary alicyclic amines) is 1. The first kappa shape index (κ1) is 19.4. The van der Waals surface area contributed by atoms with E-state index in [0.29, 0.717) is 23.9 Å². The Labute approximate surface area is 151 Å². The minimum Gasteiger partial charge on any atom is -0.355 e. The van der Waals surface area contributed by atoms with E-state index in [2.05, 4.69) is 24.1 Å². The fraction of sp³-hybridized carbons (Fsp3) is 0.600. The lowest BCUT2D eigenvalue weighted by atomic mass is 9.91. The molecule has 1 aliphatic rings. The number of hydrogen-bond acceptors (Lipinski definition) is 3. The SMILES string of the molecule is CNC(=O)c1ccc(CN(C)[C@H](C)C(=O)N2C[C@H](C)C[C@H](C)C2)cc1. The molecule has 2 rings (SSSR count). The van der Waals surface area contributed by atoms with E-state index in [1.165, 1.54) is 6.42 Å². The third-order valence-electron chi connectivity index (χ3n) is 5.07. The van der Waals surface area contributed by atoms with Crippen LogP contribution in [0.1, 0.15) is 43.1 Å². The fourth-order valence-corrected chi connectivity index (χ4v) is 3.63. The molecule has 1 aromatic rings. The van der Waals surface area contributed by atoms with Gasteiger partial charge in [-0.3, -0.25) is 14.5 Å². The van der Waals surface area contributed by atoms with E-state index in [4.69, 9.17) is 0 Å². The Kier molecular flexibility index (Phi) is 6.59. The normalized spacial score (nSPS) is 21.9. The molecule has 2 amide bonds. The number of piperidine rings is 1. The summed E-state index contributed by atoms with van der Waals surface area (Å²) < 4.78 is 0. The van der Waals surface area contributed by atoms with E-state index < -0.39 is 0 Å². The second kappa shape index (κ2) is 8.48. The molecule has 0 aromatic heterocycles. The van der Waals surface area contributed by atoms with Crippen LogP contribution in [0.25, 0.3) is 0 Å². The number of nitrogens with zero attached hydrogens (tertiary/aromatic N) is 2.